The van der Waals surface area contributed by atoms with Gasteiger partial charge in [0.2, 0.25) is 11.7 Å². The van der Waals surface area contributed by atoms with Crippen molar-refractivity contribution in [1.29, 1.82) is 0 Å². The highest BCUT2D eigenvalue weighted by Gasteiger charge is 2.15. The molecule has 0 unspecified atom stereocenters. The number of anilines is 1. The van der Waals surface area contributed by atoms with Crippen LogP contribution >= 0.6 is 0 Å². The third-order valence-electron chi connectivity index (χ3n) is 3.49. The molecular weight excluding hydrogens is 310 g/mol. The molecule has 24 heavy (non-hydrogen) atoms. The molecule has 0 heterocycles. The van der Waals surface area contributed by atoms with Crippen molar-refractivity contribution in [2.45, 2.75) is 6.42 Å². The summed E-state index contributed by atoms with van der Waals surface area (Å²) in [5.74, 6) is 1.93. The minimum Gasteiger partial charge on any atom is -0.496 e. The average Bonchev–Trinajstić information content (AvgIpc) is 2.61. The number of amides is 1. The standard InChI is InChI=1S/C18H21NO5/c1-21-14-8-6-5-7-12(14)9-17(20)19-13-10-15(22-2)18(24-4)16(11-13)23-3/h5-8,10-11H,9H2,1-4H3,(H,19,20). The van der Waals surface area contributed by atoms with E-state index in [0.717, 1.165) is 5.56 Å². The number of hydrogen-bond donors (Lipinski definition) is 1. The maximum atomic E-state index is 12.3. The second kappa shape index (κ2) is 8.10. The molecule has 1 amide bonds. The molecule has 0 atom stereocenters. The Morgan fingerprint density at radius 2 is 1.46 bits per heavy atom. The molecule has 2 aromatic rings. The zero-order chi connectivity index (χ0) is 17.5. The molecule has 6 nitrogen and oxygen atoms in total. The lowest BCUT2D eigenvalue weighted by Gasteiger charge is -2.15. The number of ether oxygens (including phenoxy) is 4. The van der Waals surface area contributed by atoms with Crippen LogP contribution in [-0.4, -0.2) is 34.3 Å². The number of benzene rings is 2. The molecule has 0 radical (unpaired) electrons. The predicted octanol–water partition coefficient (Wildman–Crippen LogP) is 2.90. The van der Waals surface area contributed by atoms with Crippen molar-refractivity contribution in [2.75, 3.05) is 33.8 Å². The Hall–Kier alpha value is -2.89. The maximum Gasteiger partial charge on any atom is 0.228 e. The van der Waals surface area contributed by atoms with Gasteiger partial charge in [-0.1, -0.05) is 18.2 Å². The normalized spacial score (nSPS) is 10.0. The Morgan fingerprint density at radius 3 is 2.00 bits per heavy atom. The van der Waals surface area contributed by atoms with Crippen LogP contribution in [0, 0.1) is 0 Å². The minimum absolute atomic E-state index is 0.172. The van der Waals surface area contributed by atoms with Crippen molar-refractivity contribution < 1.29 is 23.7 Å². The summed E-state index contributed by atoms with van der Waals surface area (Å²) in [6, 6.07) is 10.8. The van der Waals surface area contributed by atoms with Crippen LogP contribution in [0.1, 0.15) is 5.56 Å². The Balaban J connectivity index is 2.19. The molecule has 6 heteroatoms. The molecular formula is C18H21NO5. The number of para-hydroxylation sites is 1. The fourth-order valence-electron chi connectivity index (χ4n) is 2.38. The Labute approximate surface area is 141 Å². The van der Waals surface area contributed by atoms with Gasteiger partial charge in [0, 0.05) is 23.4 Å². The lowest BCUT2D eigenvalue weighted by atomic mass is 10.1. The number of carbonyl (C=O) groups is 1. The van der Waals surface area contributed by atoms with Gasteiger partial charge in [-0.05, 0) is 6.07 Å². The predicted molar refractivity (Wildman–Crippen MR) is 91.4 cm³/mol. The van der Waals surface area contributed by atoms with Crippen molar-refractivity contribution in [3.63, 3.8) is 0 Å². The van der Waals surface area contributed by atoms with Gasteiger partial charge in [0.15, 0.2) is 11.5 Å². The van der Waals surface area contributed by atoms with Crippen molar-refractivity contribution in [3.8, 4) is 23.0 Å². The van der Waals surface area contributed by atoms with Gasteiger partial charge in [0.05, 0.1) is 34.9 Å². The van der Waals surface area contributed by atoms with Crippen molar-refractivity contribution >= 4 is 11.6 Å². The largest absolute Gasteiger partial charge is 0.496 e. The van der Waals surface area contributed by atoms with E-state index in [1.165, 1.54) is 21.3 Å². The van der Waals surface area contributed by atoms with Crippen molar-refractivity contribution in [2.24, 2.45) is 0 Å². The van der Waals surface area contributed by atoms with Gasteiger partial charge in [-0.25, -0.2) is 0 Å². The highest BCUT2D eigenvalue weighted by atomic mass is 16.5. The van der Waals surface area contributed by atoms with Gasteiger partial charge in [-0.2, -0.15) is 0 Å². The fraction of sp³-hybridized carbons (Fsp3) is 0.278. The van der Waals surface area contributed by atoms with E-state index in [4.69, 9.17) is 18.9 Å². The quantitative estimate of drug-likeness (QED) is 0.845. The third-order valence-corrected chi connectivity index (χ3v) is 3.49. The molecule has 1 N–H and O–H groups in total. The second-order valence-electron chi connectivity index (χ2n) is 4.95. The van der Waals surface area contributed by atoms with E-state index in [0.29, 0.717) is 28.7 Å². The SMILES string of the molecule is COc1ccccc1CC(=O)Nc1cc(OC)c(OC)c(OC)c1. The van der Waals surface area contributed by atoms with Crippen molar-refractivity contribution in [3.05, 3.63) is 42.0 Å². The van der Waals surface area contributed by atoms with Gasteiger partial charge in [0.25, 0.3) is 0 Å². The third kappa shape index (κ3) is 3.90. The van der Waals surface area contributed by atoms with E-state index in [-0.39, 0.29) is 12.3 Å². The van der Waals surface area contributed by atoms with Crippen LogP contribution < -0.4 is 24.3 Å². The summed E-state index contributed by atoms with van der Waals surface area (Å²) in [4.78, 5) is 12.3. The summed E-state index contributed by atoms with van der Waals surface area (Å²) < 4.78 is 21.1. The lowest BCUT2D eigenvalue weighted by molar-refractivity contribution is -0.115. The van der Waals surface area contributed by atoms with Gasteiger partial charge < -0.3 is 24.3 Å². The Bertz CT molecular complexity index is 689. The summed E-state index contributed by atoms with van der Waals surface area (Å²) in [6.07, 6.45) is 0.195. The van der Waals surface area contributed by atoms with E-state index in [2.05, 4.69) is 5.32 Å². The number of rotatable bonds is 7. The molecule has 2 rings (SSSR count). The van der Waals surface area contributed by atoms with Crippen LogP contribution in [0.5, 0.6) is 23.0 Å². The molecule has 0 spiro atoms. The highest BCUT2D eigenvalue weighted by Crippen LogP contribution is 2.39. The van der Waals surface area contributed by atoms with Crippen LogP contribution in [-0.2, 0) is 11.2 Å². The molecule has 0 saturated heterocycles. The van der Waals surface area contributed by atoms with Crippen LogP contribution in [0.2, 0.25) is 0 Å². The Kier molecular flexibility index (Phi) is 5.89. The molecule has 0 aliphatic carbocycles. The summed E-state index contributed by atoms with van der Waals surface area (Å²) in [6.45, 7) is 0. The lowest BCUT2D eigenvalue weighted by Crippen LogP contribution is -2.15. The molecule has 0 fully saturated rings. The molecule has 0 aliphatic heterocycles. The van der Waals surface area contributed by atoms with E-state index in [9.17, 15) is 4.79 Å². The first-order chi connectivity index (χ1) is 11.6. The van der Waals surface area contributed by atoms with E-state index < -0.39 is 0 Å². The van der Waals surface area contributed by atoms with Crippen LogP contribution in [0.4, 0.5) is 5.69 Å². The minimum atomic E-state index is -0.172. The van der Waals surface area contributed by atoms with Gasteiger partial charge in [-0.3, -0.25) is 4.79 Å². The molecule has 128 valence electrons. The number of nitrogens with one attached hydrogen (secondary N) is 1. The highest BCUT2D eigenvalue weighted by molar-refractivity contribution is 5.93. The van der Waals surface area contributed by atoms with Crippen LogP contribution in [0.25, 0.3) is 0 Å². The monoisotopic (exact) mass is 331 g/mol. The molecule has 2 aromatic carbocycles. The summed E-state index contributed by atoms with van der Waals surface area (Å²) >= 11 is 0. The topological polar surface area (TPSA) is 66.0 Å². The molecule has 0 bridgehead atoms. The Morgan fingerprint density at radius 1 is 0.875 bits per heavy atom. The van der Waals surface area contributed by atoms with Crippen molar-refractivity contribution in [1.82, 2.24) is 0 Å². The second-order valence-corrected chi connectivity index (χ2v) is 4.95. The van der Waals surface area contributed by atoms with Gasteiger partial charge >= 0.3 is 0 Å². The molecule has 0 aromatic heterocycles. The van der Waals surface area contributed by atoms with Crippen LogP contribution in [0.15, 0.2) is 36.4 Å². The summed E-state index contributed by atoms with van der Waals surface area (Å²) in [5.41, 5.74) is 1.37. The molecule has 0 aliphatic rings. The first kappa shape index (κ1) is 17.5. The van der Waals surface area contributed by atoms with E-state index in [1.807, 2.05) is 24.3 Å². The first-order valence-electron chi connectivity index (χ1n) is 7.34. The van der Waals surface area contributed by atoms with Crippen LogP contribution in [0.3, 0.4) is 0 Å². The van der Waals surface area contributed by atoms with Gasteiger partial charge in [0.1, 0.15) is 5.75 Å². The van der Waals surface area contributed by atoms with Gasteiger partial charge in [-0.15, -0.1) is 0 Å². The fourth-order valence-corrected chi connectivity index (χ4v) is 2.38. The number of hydrogen-bond acceptors (Lipinski definition) is 5. The smallest absolute Gasteiger partial charge is 0.228 e. The first-order valence-corrected chi connectivity index (χ1v) is 7.34. The number of carbonyl (C=O) groups excluding carboxylic acids is 1. The average molecular weight is 331 g/mol. The summed E-state index contributed by atoms with van der Waals surface area (Å²) in [7, 11) is 6.16. The van der Waals surface area contributed by atoms with E-state index in [1.54, 1.807) is 19.2 Å². The number of methoxy groups -OCH3 is 4. The zero-order valence-electron chi connectivity index (χ0n) is 14.2. The zero-order valence-corrected chi connectivity index (χ0v) is 14.2. The van der Waals surface area contributed by atoms with E-state index >= 15 is 0 Å². The summed E-state index contributed by atoms with van der Waals surface area (Å²) in [5, 5.41) is 2.83. The maximum absolute atomic E-state index is 12.3. The molecule has 0 saturated carbocycles.